The molecule has 3 aromatic rings. The molecule has 0 unspecified atom stereocenters. The van der Waals surface area contributed by atoms with Gasteiger partial charge < -0.3 is 16.0 Å². The molecule has 8 heteroatoms. The van der Waals surface area contributed by atoms with Gasteiger partial charge >= 0.3 is 0 Å². The van der Waals surface area contributed by atoms with Crippen LogP contribution in [0, 0.1) is 0 Å². The van der Waals surface area contributed by atoms with Crippen molar-refractivity contribution in [2.24, 2.45) is 0 Å². The Morgan fingerprint density at radius 2 is 1.65 bits per heavy atom. The summed E-state index contributed by atoms with van der Waals surface area (Å²) >= 11 is 12.0. The predicted molar refractivity (Wildman–Crippen MR) is 135 cm³/mol. The number of amides is 2. The highest BCUT2D eigenvalue weighted by Gasteiger charge is 2.44. The average Bonchev–Trinajstić information content (AvgIpc) is 3.76. The van der Waals surface area contributed by atoms with Gasteiger partial charge in [0.2, 0.25) is 0 Å². The zero-order valence-corrected chi connectivity index (χ0v) is 19.9. The zero-order valence-electron chi connectivity index (χ0n) is 18.4. The largest absolute Gasteiger partial charge is 0.321 e. The van der Waals surface area contributed by atoms with Crippen LogP contribution in [0.1, 0.15) is 52.0 Å². The molecule has 5 rings (SSSR count). The lowest BCUT2D eigenvalue weighted by Crippen LogP contribution is -2.28. The number of nitrogens with one attached hydrogen (secondary N) is 3. The van der Waals surface area contributed by atoms with E-state index in [0.717, 1.165) is 6.54 Å². The summed E-state index contributed by atoms with van der Waals surface area (Å²) in [5, 5.41) is 10.0. The van der Waals surface area contributed by atoms with Crippen LogP contribution in [0.25, 0.3) is 0 Å². The van der Waals surface area contributed by atoms with Gasteiger partial charge in [-0.3, -0.25) is 9.59 Å². The molecule has 3 N–H and O–H groups in total. The molecule has 2 saturated carbocycles. The molecule has 0 saturated heterocycles. The standard InChI is InChI=1S/C26H24Cl2N4O2/c27-18-5-9-22(21(13-18)25(34)32-23-10-6-19(28)14-29-23)31-24(33)16-1-3-17(4-2-16)26(11-12-26)15-30-20-7-8-20/h1-6,9-10,13-14,20,30H,7-8,11-12,15H2,(H,31,33)(H,29,32,34). The number of carbonyl (C=O) groups excluding carboxylic acids is 2. The fraction of sp³-hybridized carbons (Fsp3) is 0.269. The first-order valence-corrected chi connectivity index (χ1v) is 12.1. The van der Waals surface area contributed by atoms with E-state index < -0.39 is 5.91 Å². The molecule has 0 spiro atoms. The van der Waals surface area contributed by atoms with Crippen molar-refractivity contribution in [2.45, 2.75) is 37.1 Å². The van der Waals surface area contributed by atoms with Crippen molar-refractivity contribution >= 4 is 46.5 Å². The summed E-state index contributed by atoms with van der Waals surface area (Å²) in [4.78, 5) is 29.9. The molecule has 34 heavy (non-hydrogen) atoms. The third-order valence-corrected chi connectivity index (χ3v) is 6.82. The second-order valence-corrected chi connectivity index (χ2v) is 9.85. The van der Waals surface area contributed by atoms with Crippen molar-refractivity contribution in [2.75, 3.05) is 17.2 Å². The minimum absolute atomic E-state index is 0.203. The highest BCUT2D eigenvalue weighted by molar-refractivity contribution is 6.31. The molecule has 0 atom stereocenters. The Kier molecular flexibility index (Phi) is 6.30. The third-order valence-electron chi connectivity index (χ3n) is 6.36. The topological polar surface area (TPSA) is 83.1 Å². The van der Waals surface area contributed by atoms with Crippen LogP contribution in [-0.2, 0) is 5.41 Å². The first-order chi connectivity index (χ1) is 16.4. The second kappa shape index (κ2) is 9.37. The van der Waals surface area contributed by atoms with Crippen LogP contribution in [0.2, 0.25) is 10.0 Å². The van der Waals surface area contributed by atoms with Crippen molar-refractivity contribution in [3.05, 3.63) is 87.5 Å². The predicted octanol–water partition coefficient (Wildman–Crippen LogP) is 5.68. The molecule has 2 fully saturated rings. The number of aromatic nitrogens is 1. The molecular weight excluding hydrogens is 471 g/mol. The van der Waals surface area contributed by atoms with Crippen molar-refractivity contribution in [3.8, 4) is 0 Å². The van der Waals surface area contributed by atoms with Gasteiger partial charge in [-0.05, 0) is 73.7 Å². The maximum absolute atomic E-state index is 13.0. The number of hydrogen-bond donors (Lipinski definition) is 3. The van der Waals surface area contributed by atoms with Crippen LogP contribution < -0.4 is 16.0 Å². The summed E-state index contributed by atoms with van der Waals surface area (Å²) in [6, 6.07) is 16.4. The molecule has 1 heterocycles. The van der Waals surface area contributed by atoms with Crippen molar-refractivity contribution < 1.29 is 9.59 Å². The number of carbonyl (C=O) groups is 2. The highest BCUT2D eigenvalue weighted by Crippen LogP contribution is 2.48. The normalized spacial score (nSPS) is 16.1. The fourth-order valence-corrected chi connectivity index (χ4v) is 4.25. The van der Waals surface area contributed by atoms with E-state index in [1.54, 1.807) is 24.3 Å². The van der Waals surface area contributed by atoms with E-state index in [9.17, 15) is 9.59 Å². The molecule has 0 bridgehead atoms. The summed E-state index contributed by atoms with van der Waals surface area (Å²) in [6.07, 6.45) is 6.33. The lowest BCUT2D eigenvalue weighted by Gasteiger charge is -2.17. The van der Waals surface area contributed by atoms with Crippen LogP contribution in [0.3, 0.4) is 0 Å². The van der Waals surface area contributed by atoms with E-state index in [4.69, 9.17) is 23.2 Å². The second-order valence-electron chi connectivity index (χ2n) is 8.97. The van der Waals surface area contributed by atoms with E-state index in [1.165, 1.54) is 43.5 Å². The Bertz CT molecular complexity index is 1220. The van der Waals surface area contributed by atoms with Gasteiger partial charge in [-0.2, -0.15) is 0 Å². The van der Waals surface area contributed by atoms with Gasteiger partial charge in [0.1, 0.15) is 5.82 Å². The molecule has 0 radical (unpaired) electrons. The van der Waals surface area contributed by atoms with Crippen LogP contribution >= 0.6 is 23.2 Å². The maximum Gasteiger partial charge on any atom is 0.258 e. The maximum atomic E-state index is 13.0. The van der Waals surface area contributed by atoms with Crippen LogP contribution in [0.15, 0.2) is 60.8 Å². The number of anilines is 2. The Morgan fingerprint density at radius 1 is 0.912 bits per heavy atom. The number of rotatable bonds is 8. The molecule has 6 nitrogen and oxygen atoms in total. The van der Waals surface area contributed by atoms with Gasteiger partial charge in [-0.25, -0.2) is 4.98 Å². The van der Waals surface area contributed by atoms with E-state index in [0.29, 0.717) is 33.2 Å². The summed E-state index contributed by atoms with van der Waals surface area (Å²) in [7, 11) is 0. The number of hydrogen-bond acceptors (Lipinski definition) is 4. The third kappa shape index (κ3) is 5.25. The molecule has 2 aliphatic rings. The number of pyridine rings is 1. The van der Waals surface area contributed by atoms with Gasteiger partial charge in [0, 0.05) is 34.8 Å². The van der Waals surface area contributed by atoms with Crippen molar-refractivity contribution in [1.82, 2.24) is 10.3 Å². The van der Waals surface area contributed by atoms with Gasteiger partial charge in [0.25, 0.3) is 11.8 Å². The van der Waals surface area contributed by atoms with Gasteiger partial charge in [0.15, 0.2) is 0 Å². The smallest absolute Gasteiger partial charge is 0.258 e. The number of halogens is 2. The van der Waals surface area contributed by atoms with Gasteiger partial charge in [-0.1, -0.05) is 35.3 Å². The Hall–Kier alpha value is -2.93. The Morgan fingerprint density at radius 3 is 2.29 bits per heavy atom. The minimum Gasteiger partial charge on any atom is -0.321 e. The van der Waals surface area contributed by atoms with Crippen LogP contribution in [-0.4, -0.2) is 29.4 Å². The lowest BCUT2D eigenvalue weighted by atomic mass is 9.94. The summed E-state index contributed by atoms with van der Waals surface area (Å²) in [5.74, 6) is -0.400. The molecule has 174 valence electrons. The van der Waals surface area contributed by atoms with Gasteiger partial charge in [-0.15, -0.1) is 0 Å². The number of nitrogens with zero attached hydrogens (tertiary/aromatic N) is 1. The van der Waals surface area contributed by atoms with E-state index in [2.05, 4.69) is 20.9 Å². The molecule has 0 aliphatic heterocycles. The highest BCUT2D eigenvalue weighted by atomic mass is 35.5. The van der Waals surface area contributed by atoms with Crippen LogP contribution in [0.5, 0.6) is 0 Å². The number of benzene rings is 2. The average molecular weight is 495 g/mol. The van der Waals surface area contributed by atoms with Gasteiger partial charge in [0.05, 0.1) is 16.3 Å². The quantitative estimate of drug-likeness (QED) is 0.376. The summed E-state index contributed by atoms with van der Waals surface area (Å²) in [5.41, 5.74) is 2.58. The Balaban J connectivity index is 1.28. The fourth-order valence-electron chi connectivity index (χ4n) is 3.96. The zero-order chi connectivity index (χ0) is 23.7. The molecule has 2 aliphatic carbocycles. The SMILES string of the molecule is O=C(Nc1ccc(Cl)cc1C(=O)Nc1ccc(Cl)cn1)c1ccc(C2(CNC3CC3)CC2)cc1. The van der Waals surface area contributed by atoms with Crippen molar-refractivity contribution in [1.29, 1.82) is 0 Å². The van der Waals surface area contributed by atoms with E-state index in [1.807, 2.05) is 24.3 Å². The minimum atomic E-state index is -0.443. The molecule has 1 aromatic heterocycles. The Labute approximate surface area is 208 Å². The van der Waals surface area contributed by atoms with Crippen molar-refractivity contribution in [3.63, 3.8) is 0 Å². The first kappa shape index (κ1) is 22.8. The molecular formula is C26H24Cl2N4O2. The summed E-state index contributed by atoms with van der Waals surface area (Å²) in [6.45, 7) is 0.995. The molecule has 2 amide bonds. The monoisotopic (exact) mass is 494 g/mol. The van der Waals surface area contributed by atoms with E-state index >= 15 is 0 Å². The van der Waals surface area contributed by atoms with Crippen LogP contribution in [0.4, 0.5) is 11.5 Å². The lowest BCUT2D eigenvalue weighted by molar-refractivity contribution is 0.102. The first-order valence-electron chi connectivity index (χ1n) is 11.3. The molecule has 2 aromatic carbocycles. The van der Waals surface area contributed by atoms with E-state index in [-0.39, 0.29) is 16.9 Å². The summed E-state index contributed by atoms with van der Waals surface area (Å²) < 4.78 is 0.